The Morgan fingerprint density at radius 1 is 1.15 bits per heavy atom. The van der Waals surface area contributed by atoms with Crippen LogP contribution in [0.1, 0.15) is 36.8 Å². The van der Waals surface area contributed by atoms with E-state index >= 15 is 0 Å². The van der Waals surface area contributed by atoms with Gasteiger partial charge >= 0.3 is 12.1 Å². The Morgan fingerprint density at radius 2 is 1.92 bits per heavy atom. The third-order valence-corrected chi connectivity index (χ3v) is 6.19. The van der Waals surface area contributed by atoms with Crippen LogP contribution >= 0.6 is 0 Å². The average Bonchev–Trinajstić information content (AvgIpc) is 3.09. The maximum Gasteiger partial charge on any atom is 0.416 e. The van der Waals surface area contributed by atoms with Crippen LogP contribution in [0.3, 0.4) is 0 Å². The molecule has 2 saturated heterocycles. The van der Waals surface area contributed by atoms with Crippen molar-refractivity contribution in [2.75, 3.05) is 6.54 Å². The van der Waals surface area contributed by atoms with Gasteiger partial charge in [-0.2, -0.15) is 13.2 Å². The van der Waals surface area contributed by atoms with Crippen molar-refractivity contribution in [3.8, 4) is 0 Å². The van der Waals surface area contributed by atoms with Gasteiger partial charge in [-0.25, -0.2) is 4.79 Å². The number of carbonyl (C=O) groups excluding carboxylic acids is 1. The van der Waals surface area contributed by atoms with Crippen molar-refractivity contribution in [2.24, 2.45) is 0 Å². The van der Waals surface area contributed by atoms with E-state index in [1.807, 2.05) is 0 Å². The number of benzene rings is 1. The summed E-state index contributed by atoms with van der Waals surface area (Å²) in [4.78, 5) is 14.5. The van der Waals surface area contributed by atoms with Crippen molar-refractivity contribution in [2.45, 2.75) is 49.5 Å². The second kappa shape index (κ2) is 5.22. The molecule has 0 radical (unpaired) electrons. The van der Waals surface area contributed by atoms with Gasteiger partial charge in [0, 0.05) is 24.1 Å². The Hall–Kier alpha value is -2.08. The fourth-order valence-electron chi connectivity index (χ4n) is 5.15. The summed E-state index contributed by atoms with van der Waals surface area (Å²) in [6.07, 6.45) is 3.26. The number of fused-ring (bicyclic) bond motifs is 3. The van der Waals surface area contributed by atoms with Crippen molar-refractivity contribution in [1.29, 1.82) is 0 Å². The van der Waals surface area contributed by atoms with Crippen LogP contribution < -0.4 is 0 Å². The Labute approximate surface area is 149 Å². The molecule has 1 aliphatic carbocycles. The molecule has 3 heterocycles. The van der Waals surface area contributed by atoms with Gasteiger partial charge in [0.1, 0.15) is 0 Å². The minimum atomic E-state index is -4.36. The van der Waals surface area contributed by atoms with Crippen molar-refractivity contribution < 1.29 is 22.7 Å². The lowest BCUT2D eigenvalue weighted by Gasteiger charge is -2.38. The molecule has 6 heteroatoms. The molecule has 2 fully saturated rings. The molecule has 0 saturated carbocycles. The number of ether oxygens (including phenoxy) is 1. The van der Waals surface area contributed by atoms with Crippen LogP contribution in [0.15, 0.2) is 42.0 Å². The van der Waals surface area contributed by atoms with Crippen LogP contribution in [-0.4, -0.2) is 35.1 Å². The van der Waals surface area contributed by atoms with Crippen LogP contribution in [0.4, 0.5) is 13.2 Å². The van der Waals surface area contributed by atoms with Gasteiger partial charge in [0.15, 0.2) is 5.60 Å². The number of hydrogen-bond acceptors (Lipinski definition) is 3. The molecule has 3 atom stereocenters. The molecular formula is C20H18F3NO2. The number of nitrogens with zero attached hydrogens (tertiary/aromatic N) is 1. The van der Waals surface area contributed by atoms with Crippen LogP contribution in [0, 0.1) is 0 Å². The van der Waals surface area contributed by atoms with E-state index in [-0.39, 0.29) is 18.1 Å². The number of hydrogen-bond donors (Lipinski definition) is 0. The second-order valence-corrected chi connectivity index (χ2v) is 7.54. The number of rotatable bonds is 1. The van der Waals surface area contributed by atoms with Crippen LogP contribution in [-0.2, 0) is 15.7 Å². The smallest absolute Gasteiger partial charge is 0.416 e. The van der Waals surface area contributed by atoms with Crippen LogP contribution in [0.2, 0.25) is 0 Å². The van der Waals surface area contributed by atoms with Gasteiger partial charge in [-0.3, -0.25) is 4.90 Å². The minimum absolute atomic E-state index is 0.167. The zero-order chi connectivity index (χ0) is 18.1. The van der Waals surface area contributed by atoms with E-state index in [1.54, 1.807) is 0 Å². The molecule has 2 bridgehead atoms. The number of carbonyl (C=O) groups is 1. The zero-order valence-corrected chi connectivity index (χ0v) is 14.1. The molecule has 3 aliphatic heterocycles. The summed E-state index contributed by atoms with van der Waals surface area (Å²) in [5, 5.41) is 0. The highest BCUT2D eigenvalue weighted by Gasteiger charge is 2.61. The highest BCUT2D eigenvalue weighted by molar-refractivity contribution is 5.97. The predicted octanol–water partition coefficient (Wildman–Crippen LogP) is 3.95. The number of piperidine rings is 1. The molecule has 4 aliphatic rings. The summed E-state index contributed by atoms with van der Waals surface area (Å²) in [7, 11) is 0. The zero-order valence-electron chi connectivity index (χ0n) is 14.1. The van der Waals surface area contributed by atoms with E-state index in [1.165, 1.54) is 18.2 Å². The van der Waals surface area contributed by atoms with Crippen LogP contribution in [0.25, 0.3) is 5.57 Å². The molecule has 136 valence electrons. The number of halogens is 3. The molecule has 3 nitrogen and oxygen atoms in total. The molecule has 0 N–H and O–H groups in total. The quantitative estimate of drug-likeness (QED) is 0.710. The highest BCUT2D eigenvalue weighted by atomic mass is 19.4. The first-order valence-corrected chi connectivity index (χ1v) is 8.99. The van der Waals surface area contributed by atoms with E-state index in [0.29, 0.717) is 5.56 Å². The summed E-state index contributed by atoms with van der Waals surface area (Å²) < 4.78 is 44.4. The largest absolute Gasteiger partial charge is 0.449 e. The van der Waals surface area contributed by atoms with Gasteiger partial charge in [-0.05, 0) is 42.7 Å². The predicted molar refractivity (Wildman–Crippen MR) is 89.1 cm³/mol. The van der Waals surface area contributed by atoms with Gasteiger partial charge in [0.2, 0.25) is 0 Å². The van der Waals surface area contributed by atoms with Crippen LogP contribution in [0.5, 0.6) is 0 Å². The summed E-state index contributed by atoms with van der Waals surface area (Å²) in [6, 6.07) is 5.53. The Bertz CT molecular complexity index is 840. The van der Waals surface area contributed by atoms with E-state index in [2.05, 4.69) is 11.0 Å². The second-order valence-electron chi connectivity index (χ2n) is 7.54. The molecule has 0 amide bonds. The standard InChI is InChI=1S/C20H18F3NO2/c21-20(22,23)13-6-4-12(5-7-13)15-9-14-11-19(16(15)10-18(25)26-19)17-3-1-2-8-24(14)17/h4-7,9-10,14,17H,1-3,8,11H2/t14-,17-,19+/m1/s1. The highest BCUT2D eigenvalue weighted by Crippen LogP contribution is 2.55. The van der Waals surface area contributed by atoms with Crippen molar-refractivity contribution in [3.63, 3.8) is 0 Å². The number of alkyl halides is 3. The third-order valence-electron chi connectivity index (χ3n) is 6.19. The number of esters is 1. The normalized spacial score (nSPS) is 33.3. The molecule has 1 aromatic carbocycles. The monoisotopic (exact) mass is 361 g/mol. The summed E-state index contributed by atoms with van der Waals surface area (Å²) in [5.41, 5.74) is 1.09. The SMILES string of the molecule is O=C1C=C2C(c3ccc(C(F)(F)F)cc3)=C[C@@H]3C[C@@]2(O1)[C@H]1CCCCN31. The van der Waals surface area contributed by atoms with E-state index in [4.69, 9.17) is 4.74 Å². The fourth-order valence-corrected chi connectivity index (χ4v) is 5.15. The molecule has 0 unspecified atom stereocenters. The first kappa shape index (κ1) is 16.1. The van der Waals surface area contributed by atoms with Gasteiger partial charge in [0.25, 0.3) is 0 Å². The molecule has 1 aromatic rings. The van der Waals surface area contributed by atoms with Gasteiger partial charge < -0.3 is 4.74 Å². The molecule has 5 rings (SSSR count). The third kappa shape index (κ3) is 2.14. The molecule has 26 heavy (non-hydrogen) atoms. The lowest BCUT2D eigenvalue weighted by Crippen LogP contribution is -2.48. The lowest BCUT2D eigenvalue weighted by atomic mass is 9.75. The Morgan fingerprint density at radius 3 is 2.65 bits per heavy atom. The van der Waals surface area contributed by atoms with E-state index in [0.717, 1.165) is 55.5 Å². The van der Waals surface area contributed by atoms with Gasteiger partial charge in [-0.15, -0.1) is 0 Å². The Balaban J connectivity index is 1.59. The maximum absolute atomic E-state index is 12.9. The maximum atomic E-state index is 12.9. The lowest BCUT2D eigenvalue weighted by molar-refractivity contribution is -0.148. The fraction of sp³-hybridized carbons (Fsp3) is 0.450. The van der Waals surface area contributed by atoms with Gasteiger partial charge in [-0.1, -0.05) is 24.6 Å². The Kier molecular flexibility index (Phi) is 3.24. The minimum Gasteiger partial charge on any atom is -0.449 e. The molecule has 0 aromatic heterocycles. The molecular weight excluding hydrogens is 343 g/mol. The first-order chi connectivity index (χ1) is 12.4. The summed E-state index contributed by atoms with van der Waals surface area (Å²) >= 11 is 0. The average molecular weight is 361 g/mol. The topological polar surface area (TPSA) is 29.5 Å². The van der Waals surface area contributed by atoms with E-state index in [9.17, 15) is 18.0 Å². The first-order valence-electron chi connectivity index (χ1n) is 8.99. The van der Waals surface area contributed by atoms with E-state index < -0.39 is 17.3 Å². The van der Waals surface area contributed by atoms with Crippen molar-refractivity contribution in [1.82, 2.24) is 4.90 Å². The van der Waals surface area contributed by atoms with Gasteiger partial charge in [0.05, 0.1) is 11.6 Å². The molecule has 1 spiro atoms. The van der Waals surface area contributed by atoms with Crippen molar-refractivity contribution in [3.05, 3.63) is 53.1 Å². The summed E-state index contributed by atoms with van der Waals surface area (Å²) in [6.45, 7) is 0.971. The van der Waals surface area contributed by atoms with Crippen molar-refractivity contribution >= 4 is 11.5 Å². The summed E-state index contributed by atoms with van der Waals surface area (Å²) in [5.74, 6) is -0.342.